The van der Waals surface area contributed by atoms with E-state index in [9.17, 15) is 9.59 Å². The van der Waals surface area contributed by atoms with Gasteiger partial charge in [0.1, 0.15) is 17.3 Å². The van der Waals surface area contributed by atoms with Crippen LogP contribution in [0.3, 0.4) is 0 Å². The molecule has 0 saturated heterocycles. The van der Waals surface area contributed by atoms with Gasteiger partial charge >= 0.3 is 0 Å². The van der Waals surface area contributed by atoms with Crippen LogP contribution in [0.15, 0.2) is 24.3 Å². The minimum Gasteiger partial charge on any atom is -0.494 e. The van der Waals surface area contributed by atoms with Gasteiger partial charge in [-0.05, 0) is 44.4 Å². The van der Waals surface area contributed by atoms with Crippen LogP contribution in [0.5, 0.6) is 5.75 Å². The molecular weight excluding hydrogens is 240 g/mol. The van der Waals surface area contributed by atoms with Crippen LogP contribution < -0.4 is 4.74 Å². The lowest BCUT2D eigenvalue weighted by Crippen LogP contribution is -2.38. The molecule has 0 spiro atoms. The zero-order valence-corrected chi connectivity index (χ0v) is 11.6. The van der Waals surface area contributed by atoms with E-state index in [0.29, 0.717) is 32.3 Å². The zero-order chi connectivity index (χ0) is 13.9. The van der Waals surface area contributed by atoms with Crippen molar-refractivity contribution in [2.45, 2.75) is 44.9 Å². The van der Waals surface area contributed by atoms with Crippen molar-refractivity contribution in [3.8, 4) is 5.75 Å². The molecule has 0 unspecified atom stereocenters. The molecule has 0 atom stereocenters. The van der Waals surface area contributed by atoms with Crippen LogP contribution in [0.25, 0.3) is 0 Å². The molecular formula is C16H20O3. The average molecular weight is 260 g/mol. The molecule has 0 amide bonds. The number of hydrogen-bond acceptors (Lipinski definition) is 3. The molecule has 1 aromatic rings. The minimum atomic E-state index is -0.499. The molecule has 3 heteroatoms. The average Bonchev–Trinajstić information content (AvgIpc) is 2.40. The highest BCUT2D eigenvalue weighted by molar-refractivity contribution is 5.91. The summed E-state index contributed by atoms with van der Waals surface area (Å²) in [5.41, 5.74) is 0.486. The second-order valence-corrected chi connectivity index (χ2v) is 5.14. The Hall–Kier alpha value is -1.64. The van der Waals surface area contributed by atoms with E-state index >= 15 is 0 Å². The quantitative estimate of drug-likeness (QED) is 0.835. The Balaban J connectivity index is 2.36. The summed E-state index contributed by atoms with van der Waals surface area (Å²) in [4.78, 5) is 23.6. The molecule has 19 heavy (non-hydrogen) atoms. The molecule has 0 aliphatic heterocycles. The van der Waals surface area contributed by atoms with Gasteiger partial charge in [0, 0.05) is 12.8 Å². The third-order valence-electron chi connectivity index (χ3n) is 4.03. The van der Waals surface area contributed by atoms with E-state index < -0.39 is 5.41 Å². The zero-order valence-electron chi connectivity index (χ0n) is 11.6. The summed E-state index contributed by atoms with van der Waals surface area (Å²) in [6.45, 7) is 4.17. The molecule has 0 heterocycles. The number of benzene rings is 1. The molecule has 0 radical (unpaired) electrons. The fourth-order valence-electron chi connectivity index (χ4n) is 2.85. The highest BCUT2D eigenvalue weighted by Crippen LogP contribution is 2.40. The predicted molar refractivity (Wildman–Crippen MR) is 73.4 cm³/mol. The summed E-state index contributed by atoms with van der Waals surface area (Å²) >= 11 is 0. The number of ketones is 2. The summed E-state index contributed by atoms with van der Waals surface area (Å²) in [6.07, 6.45) is 2.24. The molecule has 102 valence electrons. The van der Waals surface area contributed by atoms with E-state index in [1.54, 1.807) is 6.92 Å². The van der Waals surface area contributed by atoms with Gasteiger partial charge in [0.2, 0.25) is 0 Å². The van der Waals surface area contributed by atoms with Crippen LogP contribution in [0.4, 0.5) is 0 Å². The van der Waals surface area contributed by atoms with Crippen LogP contribution in [0.2, 0.25) is 0 Å². The van der Waals surface area contributed by atoms with Gasteiger partial charge in [0.25, 0.3) is 0 Å². The molecule has 0 bridgehead atoms. The first-order valence-electron chi connectivity index (χ1n) is 6.84. The Bertz CT molecular complexity index is 481. The van der Waals surface area contributed by atoms with Crippen molar-refractivity contribution in [2.24, 2.45) is 0 Å². The monoisotopic (exact) mass is 260 g/mol. The predicted octanol–water partition coefficient (Wildman–Crippen LogP) is 3.06. The van der Waals surface area contributed by atoms with Crippen molar-refractivity contribution >= 4 is 11.6 Å². The van der Waals surface area contributed by atoms with Crippen LogP contribution in [-0.4, -0.2) is 18.2 Å². The number of carbonyl (C=O) groups is 2. The fourth-order valence-corrected chi connectivity index (χ4v) is 2.85. The summed E-state index contributed by atoms with van der Waals surface area (Å²) in [6, 6.07) is 7.73. The third kappa shape index (κ3) is 2.70. The van der Waals surface area contributed by atoms with Crippen LogP contribution in [-0.2, 0) is 15.0 Å². The standard InChI is InChI=1S/C16H20O3/c1-3-19-15-6-4-5-13(11-15)16(12(2)17)9-7-14(18)8-10-16/h4-6,11H,3,7-10H2,1-2H3. The maximum absolute atomic E-state index is 12.1. The molecule has 1 fully saturated rings. The lowest BCUT2D eigenvalue weighted by atomic mass is 9.67. The van der Waals surface area contributed by atoms with E-state index in [0.717, 1.165) is 11.3 Å². The summed E-state index contributed by atoms with van der Waals surface area (Å²) in [5.74, 6) is 1.20. The molecule has 1 aliphatic carbocycles. The minimum absolute atomic E-state index is 0.147. The first-order chi connectivity index (χ1) is 9.08. The van der Waals surface area contributed by atoms with E-state index in [1.807, 2.05) is 31.2 Å². The largest absolute Gasteiger partial charge is 0.494 e. The van der Waals surface area contributed by atoms with Crippen molar-refractivity contribution in [1.82, 2.24) is 0 Å². The lowest BCUT2D eigenvalue weighted by Gasteiger charge is -2.35. The normalized spacial score (nSPS) is 18.1. The number of ether oxygens (including phenoxy) is 1. The lowest BCUT2D eigenvalue weighted by molar-refractivity contribution is -0.127. The second-order valence-electron chi connectivity index (χ2n) is 5.14. The highest BCUT2D eigenvalue weighted by atomic mass is 16.5. The SMILES string of the molecule is CCOc1cccc(C2(C(C)=O)CCC(=O)CC2)c1. The van der Waals surface area contributed by atoms with Crippen LogP contribution >= 0.6 is 0 Å². The summed E-state index contributed by atoms with van der Waals surface area (Å²) in [7, 11) is 0. The Labute approximate surface area is 114 Å². The van der Waals surface area contributed by atoms with Gasteiger partial charge in [-0.25, -0.2) is 0 Å². The van der Waals surface area contributed by atoms with Crippen LogP contribution in [0, 0.1) is 0 Å². The number of Topliss-reactive ketones (excluding diaryl/α,β-unsaturated/α-hetero) is 2. The second kappa shape index (κ2) is 5.55. The highest BCUT2D eigenvalue weighted by Gasteiger charge is 2.40. The summed E-state index contributed by atoms with van der Waals surface area (Å²) in [5, 5.41) is 0. The summed E-state index contributed by atoms with van der Waals surface area (Å²) < 4.78 is 5.50. The molecule has 0 aromatic heterocycles. The number of carbonyl (C=O) groups excluding carboxylic acids is 2. The molecule has 3 nitrogen and oxygen atoms in total. The van der Waals surface area contributed by atoms with Crippen molar-refractivity contribution in [1.29, 1.82) is 0 Å². The smallest absolute Gasteiger partial charge is 0.140 e. The van der Waals surface area contributed by atoms with Gasteiger partial charge in [-0.15, -0.1) is 0 Å². The van der Waals surface area contributed by atoms with Gasteiger partial charge in [-0.1, -0.05) is 12.1 Å². The van der Waals surface area contributed by atoms with Crippen molar-refractivity contribution in [2.75, 3.05) is 6.61 Å². The van der Waals surface area contributed by atoms with Gasteiger partial charge in [0.15, 0.2) is 0 Å². The van der Waals surface area contributed by atoms with Gasteiger partial charge in [-0.3, -0.25) is 9.59 Å². The maximum Gasteiger partial charge on any atom is 0.140 e. The molecule has 2 rings (SSSR count). The Morgan fingerprint density at radius 1 is 1.32 bits per heavy atom. The first kappa shape index (κ1) is 13.8. The van der Waals surface area contributed by atoms with Gasteiger partial charge in [0.05, 0.1) is 12.0 Å². The molecule has 1 aromatic carbocycles. The van der Waals surface area contributed by atoms with Crippen LogP contribution in [0.1, 0.15) is 45.1 Å². The molecule has 1 saturated carbocycles. The Morgan fingerprint density at radius 3 is 2.58 bits per heavy atom. The molecule has 0 N–H and O–H groups in total. The van der Waals surface area contributed by atoms with E-state index in [2.05, 4.69) is 0 Å². The van der Waals surface area contributed by atoms with E-state index in [-0.39, 0.29) is 11.6 Å². The van der Waals surface area contributed by atoms with Crippen molar-refractivity contribution in [3.63, 3.8) is 0 Å². The van der Waals surface area contributed by atoms with Crippen molar-refractivity contribution in [3.05, 3.63) is 29.8 Å². The Morgan fingerprint density at radius 2 is 2.00 bits per heavy atom. The van der Waals surface area contributed by atoms with Gasteiger partial charge < -0.3 is 4.74 Å². The Kier molecular flexibility index (Phi) is 4.03. The number of rotatable bonds is 4. The van der Waals surface area contributed by atoms with Gasteiger partial charge in [-0.2, -0.15) is 0 Å². The van der Waals surface area contributed by atoms with Crippen molar-refractivity contribution < 1.29 is 14.3 Å². The van der Waals surface area contributed by atoms with E-state index in [1.165, 1.54) is 0 Å². The topological polar surface area (TPSA) is 43.4 Å². The van der Waals surface area contributed by atoms with E-state index in [4.69, 9.17) is 4.74 Å². The third-order valence-corrected chi connectivity index (χ3v) is 4.03. The number of hydrogen-bond donors (Lipinski definition) is 0. The fraction of sp³-hybridized carbons (Fsp3) is 0.500. The first-order valence-corrected chi connectivity index (χ1v) is 6.84. The maximum atomic E-state index is 12.1. The molecule has 1 aliphatic rings.